The molecule has 0 amide bonds. The molecule has 0 aliphatic carbocycles. The molecule has 1 saturated heterocycles. The summed E-state index contributed by atoms with van der Waals surface area (Å²) in [4.78, 5) is 21.2. The zero-order valence-corrected chi connectivity index (χ0v) is 12.3. The molecule has 1 aromatic rings. The minimum absolute atomic E-state index is 0.139. The number of nitrogens with zero attached hydrogens (tertiary/aromatic N) is 2. The molecular formula is C13H12N2O6S. The summed E-state index contributed by atoms with van der Waals surface area (Å²) >= 11 is 0. The summed E-state index contributed by atoms with van der Waals surface area (Å²) in [5.74, 6) is -0.546. The van der Waals surface area contributed by atoms with Gasteiger partial charge >= 0.3 is 5.97 Å². The average molecular weight is 324 g/mol. The molecule has 0 radical (unpaired) electrons. The standard InChI is InChI=1S/C13H12N2O6S/c1-8-6-11(21-13(8)16)10-7-14(10)22(19,20)12-5-3-2-4-9(12)15(17)18/h2-6,8,10H,7H2,1H3/t8-,10?,14?/m1/s1. The van der Waals surface area contributed by atoms with Gasteiger partial charge in [0, 0.05) is 12.6 Å². The summed E-state index contributed by atoms with van der Waals surface area (Å²) in [7, 11) is -4.00. The van der Waals surface area contributed by atoms with Crippen molar-refractivity contribution < 1.29 is 22.9 Å². The average Bonchev–Trinajstić information content (AvgIpc) is 3.21. The molecule has 0 spiro atoms. The lowest BCUT2D eigenvalue weighted by Crippen LogP contribution is -2.17. The van der Waals surface area contributed by atoms with Gasteiger partial charge < -0.3 is 4.74 Å². The van der Waals surface area contributed by atoms with Gasteiger partial charge in [0.1, 0.15) is 5.76 Å². The maximum absolute atomic E-state index is 12.5. The molecule has 22 heavy (non-hydrogen) atoms. The number of rotatable bonds is 4. The van der Waals surface area contributed by atoms with E-state index in [1.165, 1.54) is 18.2 Å². The number of para-hydroxylation sites is 1. The predicted molar refractivity (Wildman–Crippen MR) is 74.1 cm³/mol. The van der Waals surface area contributed by atoms with E-state index in [1.54, 1.807) is 13.0 Å². The molecule has 3 atom stereocenters. The molecule has 116 valence electrons. The van der Waals surface area contributed by atoms with Crippen molar-refractivity contribution in [2.24, 2.45) is 5.92 Å². The van der Waals surface area contributed by atoms with Crippen LogP contribution in [0.25, 0.3) is 0 Å². The molecule has 1 fully saturated rings. The summed E-state index contributed by atoms with van der Waals surface area (Å²) in [6.45, 7) is 1.79. The van der Waals surface area contributed by atoms with E-state index < -0.39 is 38.6 Å². The highest BCUT2D eigenvalue weighted by atomic mass is 32.2. The number of nitro benzene ring substituents is 1. The van der Waals surface area contributed by atoms with Gasteiger partial charge in [-0.1, -0.05) is 12.1 Å². The quantitative estimate of drug-likeness (QED) is 0.354. The predicted octanol–water partition coefficient (Wildman–Crippen LogP) is 1.04. The van der Waals surface area contributed by atoms with Crippen LogP contribution in [0.1, 0.15) is 6.92 Å². The van der Waals surface area contributed by atoms with E-state index in [-0.39, 0.29) is 11.4 Å². The van der Waals surface area contributed by atoms with Crippen LogP contribution in [0.3, 0.4) is 0 Å². The lowest BCUT2D eigenvalue weighted by molar-refractivity contribution is -0.387. The van der Waals surface area contributed by atoms with E-state index in [1.807, 2.05) is 0 Å². The second-order valence-electron chi connectivity index (χ2n) is 5.09. The number of ether oxygens (including phenoxy) is 1. The van der Waals surface area contributed by atoms with E-state index in [4.69, 9.17) is 4.74 Å². The van der Waals surface area contributed by atoms with Crippen LogP contribution in [0.2, 0.25) is 0 Å². The fourth-order valence-electron chi connectivity index (χ4n) is 2.31. The Morgan fingerprint density at radius 3 is 2.64 bits per heavy atom. The topological polar surface area (TPSA) is 107 Å². The van der Waals surface area contributed by atoms with Crippen molar-refractivity contribution >= 4 is 21.7 Å². The SMILES string of the molecule is C[C@@H]1C=C(C2CN2S(=O)(=O)c2ccccc2[N+](=O)[O-])OC1=O. The van der Waals surface area contributed by atoms with Gasteiger partial charge in [0.2, 0.25) is 0 Å². The van der Waals surface area contributed by atoms with E-state index in [0.29, 0.717) is 5.76 Å². The molecule has 2 aliphatic rings. The fraction of sp³-hybridized carbons (Fsp3) is 0.308. The zero-order chi connectivity index (χ0) is 16.1. The Bertz CT molecular complexity index is 801. The van der Waals surface area contributed by atoms with Crippen molar-refractivity contribution in [1.29, 1.82) is 0 Å². The van der Waals surface area contributed by atoms with Crippen LogP contribution >= 0.6 is 0 Å². The molecule has 0 saturated carbocycles. The Hall–Kier alpha value is -2.26. The molecule has 3 rings (SSSR count). The van der Waals surface area contributed by atoms with E-state index >= 15 is 0 Å². The van der Waals surface area contributed by atoms with Crippen molar-refractivity contribution in [2.75, 3.05) is 6.54 Å². The lowest BCUT2D eigenvalue weighted by atomic mass is 10.2. The molecule has 2 heterocycles. The fourth-order valence-corrected chi connectivity index (χ4v) is 4.00. The Morgan fingerprint density at radius 1 is 1.36 bits per heavy atom. The van der Waals surface area contributed by atoms with Crippen LogP contribution in [-0.2, 0) is 19.6 Å². The molecule has 0 N–H and O–H groups in total. The third kappa shape index (κ3) is 2.28. The van der Waals surface area contributed by atoms with Gasteiger partial charge in [0.25, 0.3) is 15.7 Å². The van der Waals surface area contributed by atoms with Crippen LogP contribution < -0.4 is 0 Å². The Morgan fingerprint density at radius 2 is 2.05 bits per heavy atom. The highest BCUT2D eigenvalue weighted by Crippen LogP contribution is 2.38. The maximum atomic E-state index is 12.5. The second kappa shape index (κ2) is 4.89. The van der Waals surface area contributed by atoms with Crippen molar-refractivity contribution in [3.63, 3.8) is 0 Å². The van der Waals surface area contributed by atoms with Gasteiger partial charge in [0.15, 0.2) is 4.90 Å². The maximum Gasteiger partial charge on any atom is 0.317 e. The summed E-state index contributed by atoms with van der Waals surface area (Å²) in [5, 5.41) is 11.0. The Labute approximate surface area is 126 Å². The first-order valence-corrected chi connectivity index (χ1v) is 7.95. The van der Waals surface area contributed by atoms with Gasteiger partial charge in [-0.15, -0.1) is 0 Å². The van der Waals surface area contributed by atoms with Gasteiger partial charge in [-0.3, -0.25) is 14.9 Å². The summed E-state index contributed by atoms with van der Waals surface area (Å²) in [6, 6.07) is 4.59. The summed E-state index contributed by atoms with van der Waals surface area (Å²) in [6.07, 6.45) is 1.57. The summed E-state index contributed by atoms with van der Waals surface area (Å²) in [5.41, 5.74) is -0.473. The van der Waals surface area contributed by atoms with Gasteiger partial charge in [0.05, 0.1) is 16.9 Å². The minimum atomic E-state index is -4.00. The number of esters is 1. The third-order valence-corrected chi connectivity index (χ3v) is 5.47. The smallest absolute Gasteiger partial charge is 0.317 e. The van der Waals surface area contributed by atoms with E-state index in [0.717, 1.165) is 10.4 Å². The van der Waals surface area contributed by atoms with Crippen LogP contribution in [-0.4, -0.2) is 36.2 Å². The normalized spacial score (nSPS) is 27.2. The molecule has 0 bridgehead atoms. The van der Waals surface area contributed by atoms with Crippen LogP contribution in [0, 0.1) is 16.0 Å². The third-order valence-electron chi connectivity index (χ3n) is 3.55. The number of hydrogen-bond donors (Lipinski definition) is 0. The molecule has 0 aromatic heterocycles. The molecule has 9 heteroatoms. The largest absolute Gasteiger partial charge is 0.429 e. The first kappa shape index (κ1) is 14.7. The summed E-state index contributed by atoms with van der Waals surface area (Å²) < 4.78 is 31.1. The Kier molecular flexibility index (Phi) is 3.26. The monoisotopic (exact) mass is 324 g/mol. The highest BCUT2D eigenvalue weighted by Gasteiger charge is 2.51. The first-order chi connectivity index (χ1) is 10.3. The lowest BCUT2D eigenvalue weighted by Gasteiger charge is -2.07. The van der Waals surface area contributed by atoms with E-state index in [2.05, 4.69) is 0 Å². The van der Waals surface area contributed by atoms with Crippen LogP contribution in [0.4, 0.5) is 5.69 Å². The van der Waals surface area contributed by atoms with Gasteiger partial charge in [-0.05, 0) is 19.1 Å². The first-order valence-electron chi connectivity index (χ1n) is 6.51. The van der Waals surface area contributed by atoms with Gasteiger partial charge in [-0.2, -0.15) is 4.31 Å². The second-order valence-corrected chi connectivity index (χ2v) is 6.95. The molecule has 8 nitrogen and oxygen atoms in total. The number of carbonyl (C=O) groups excluding carboxylic acids is 1. The Balaban J connectivity index is 1.89. The molecular weight excluding hydrogens is 312 g/mol. The van der Waals surface area contributed by atoms with Gasteiger partial charge in [-0.25, -0.2) is 8.42 Å². The molecule has 1 aromatic carbocycles. The number of cyclic esters (lactones) is 1. The van der Waals surface area contributed by atoms with Crippen molar-refractivity contribution in [2.45, 2.75) is 17.9 Å². The number of nitro groups is 1. The van der Waals surface area contributed by atoms with Crippen molar-refractivity contribution in [3.8, 4) is 0 Å². The van der Waals surface area contributed by atoms with Crippen LogP contribution in [0.15, 0.2) is 41.0 Å². The molecule has 2 unspecified atom stereocenters. The van der Waals surface area contributed by atoms with Crippen LogP contribution in [0.5, 0.6) is 0 Å². The number of carbonyl (C=O) groups is 1. The minimum Gasteiger partial charge on any atom is -0.429 e. The number of benzene rings is 1. The van der Waals surface area contributed by atoms with E-state index in [9.17, 15) is 23.3 Å². The highest BCUT2D eigenvalue weighted by molar-refractivity contribution is 7.89. The number of sulfonamides is 1. The zero-order valence-electron chi connectivity index (χ0n) is 11.5. The molecule has 2 aliphatic heterocycles. The van der Waals surface area contributed by atoms with Crippen molar-refractivity contribution in [1.82, 2.24) is 4.31 Å². The van der Waals surface area contributed by atoms with Crippen molar-refractivity contribution in [3.05, 3.63) is 46.2 Å². The number of hydrogen-bond acceptors (Lipinski definition) is 6.